The van der Waals surface area contributed by atoms with Crippen LogP contribution in [0.15, 0.2) is 42.6 Å². The zero-order valence-electron chi connectivity index (χ0n) is 10.7. The lowest BCUT2D eigenvalue weighted by Gasteiger charge is -2.02. The highest BCUT2D eigenvalue weighted by molar-refractivity contribution is 5.15. The topological polar surface area (TPSA) is 39.1 Å². The molecule has 4 heteroatoms. The molecule has 0 saturated heterocycles. The molecule has 2 rings (SSSR count). The predicted octanol–water partition coefficient (Wildman–Crippen LogP) is 1.67. The number of benzene rings is 1. The Morgan fingerprint density at radius 2 is 2.06 bits per heavy atom. The van der Waals surface area contributed by atoms with Gasteiger partial charge < -0.3 is 10.1 Å². The van der Waals surface area contributed by atoms with Gasteiger partial charge >= 0.3 is 0 Å². The van der Waals surface area contributed by atoms with Crippen LogP contribution < -0.4 is 5.32 Å². The molecule has 18 heavy (non-hydrogen) atoms. The van der Waals surface area contributed by atoms with Crippen molar-refractivity contribution in [1.82, 2.24) is 15.1 Å². The molecule has 96 valence electrons. The third-order valence-electron chi connectivity index (χ3n) is 2.67. The molecule has 4 nitrogen and oxygen atoms in total. The van der Waals surface area contributed by atoms with Crippen molar-refractivity contribution in [3.8, 4) is 0 Å². The van der Waals surface area contributed by atoms with Crippen molar-refractivity contribution in [2.24, 2.45) is 0 Å². The van der Waals surface area contributed by atoms with Gasteiger partial charge in [0, 0.05) is 26.4 Å². The van der Waals surface area contributed by atoms with E-state index in [9.17, 15) is 0 Å². The van der Waals surface area contributed by atoms with E-state index in [0.29, 0.717) is 0 Å². The number of aromatic nitrogens is 2. The van der Waals surface area contributed by atoms with Gasteiger partial charge in [-0.3, -0.25) is 4.68 Å². The highest BCUT2D eigenvalue weighted by Crippen LogP contribution is 2.02. The molecular weight excluding hydrogens is 226 g/mol. The molecule has 1 aromatic carbocycles. The van der Waals surface area contributed by atoms with Crippen molar-refractivity contribution >= 4 is 0 Å². The Kier molecular flexibility index (Phi) is 4.93. The van der Waals surface area contributed by atoms with E-state index >= 15 is 0 Å². The fraction of sp³-hybridized carbons (Fsp3) is 0.357. The van der Waals surface area contributed by atoms with Crippen LogP contribution in [0.1, 0.15) is 11.3 Å². The predicted molar refractivity (Wildman–Crippen MR) is 71.4 cm³/mol. The van der Waals surface area contributed by atoms with Crippen LogP contribution in [-0.2, 0) is 17.8 Å². The molecule has 0 aliphatic heterocycles. The number of nitrogens with zero attached hydrogens (tertiary/aromatic N) is 2. The van der Waals surface area contributed by atoms with Crippen molar-refractivity contribution in [2.45, 2.75) is 13.1 Å². The standard InChI is InChI=1S/C14H19N3O/c1-18-10-8-15-11-14-7-9-17(16-14)12-13-5-3-2-4-6-13/h2-7,9,15H,8,10-12H2,1H3. The third-order valence-corrected chi connectivity index (χ3v) is 2.67. The van der Waals surface area contributed by atoms with E-state index in [1.54, 1.807) is 7.11 Å². The number of methoxy groups -OCH3 is 1. The summed E-state index contributed by atoms with van der Waals surface area (Å²) in [4.78, 5) is 0. The summed E-state index contributed by atoms with van der Waals surface area (Å²) in [7, 11) is 1.70. The molecule has 1 aromatic heterocycles. The summed E-state index contributed by atoms with van der Waals surface area (Å²) in [6.45, 7) is 3.18. The second kappa shape index (κ2) is 6.93. The zero-order chi connectivity index (χ0) is 12.6. The average Bonchev–Trinajstić information content (AvgIpc) is 2.84. The smallest absolute Gasteiger partial charge is 0.0762 e. The SMILES string of the molecule is COCCNCc1ccn(Cc2ccccc2)n1. The van der Waals surface area contributed by atoms with E-state index in [1.807, 2.05) is 35.1 Å². The summed E-state index contributed by atoms with van der Waals surface area (Å²) < 4.78 is 6.94. The molecule has 0 unspecified atom stereocenters. The average molecular weight is 245 g/mol. The van der Waals surface area contributed by atoms with Gasteiger partial charge in [-0.15, -0.1) is 0 Å². The molecule has 1 heterocycles. The maximum Gasteiger partial charge on any atom is 0.0762 e. The zero-order valence-corrected chi connectivity index (χ0v) is 10.7. The molecule has 0 radical (unpaired) electrons. The molecule has 0 spiro atoms. The summed E-state index contributed by atoms with van der Waals surface area (Å²) >= 11 is 0. The summed E-state index contributed by atoms with van der Waals surface area (Å²) in [6, 6.07) is 12.4. The minimum absolute atomic E-state index is 0.727. The van der Waals surface area contributed by atoms with Crippen molar-refractivity contribution in [2.75, 3.05) is 20.3 Å². The van der Waals surface area contributed by atoms with Crippen LogP contribution in [0, 0.1) is 0 Å². The van der Waals surface area contributed by atoms with Gasteiger partial charge in [0.25, 0.3) is 0 Å². The molecule has 2 aromatic rings. The minimum Gasteiger partial charge on any atom is -0.383 e. The lowest BCUT2D eigenvalue weighted by atomic mass is 10.2. The Bertz CT molecular complexity index is 453. The highest BCUT2D eigenvalue weighted by atomic mass is 16.5. The number of hydrogen-bond donors (Lipinski definition) is 1. The number of rotatable bonds is 7. The first kappa shape index (κ1) is 12.8. The van der Waals surface area contributed by atoms with E-state index in [4.69, 9.17) is 4.74 Å². The monoisotopic (exact) mass is 245 g/mol. The van der Waals surface area contributed by atoms with E-state index in [2.05, 4.69) is 22.5 Å². The Hall–Kier alpha value is -1.65. The van der Waals surface area contributed by atoms with Gasteiger partial charge in [0.05, 0.1) is 18.8 Å². The fourth-order valence-electron chi connectivity index (χ4n) is 1.75. The first-order valence-corrected chi connectivity index (χ1v) is 6.14. The molecule has 0 aliphatic rings. The van der Waals surface area contributed by atoms with Crippen molar-refractivity contribution in [1.29, 1.82) is 0 Å². The van der Waals surface area contributed by atoms with E-state index in [0.717, 1.165) is 31.9 Å². The van der Waals surface area contributed by atoms with Gasteiger partial charge in [0.1, 0.15) is 0 Å². The highest BCUT2D eigenvalue weighted by Gasteiger charge is 1.99. The second-order valence-electron chi connectivity index (χ2n) is 4.16. The first-order chi connectivity index (χ1) is 8.88. The van der Waals surface area contributed by atoms with Gasteiger partial charge in [-0.05, 0) is 11.6 Å². The van der Waals surface area contributed by atoms with Crippen molar-refractivity contribution < 1.29 is 4.74 Å². The molecule has 0 fully saturated rings. The number of hydrogen-bond acceptors (Lipinski definition) is 3. The lowest BCUT2D eigenvalue weighted by Crippen LogP contribution is -2.19. The largest absolute Gasteiger partial charge is 0.383 e. The van der Waals surface area contributed by atoms with Gasteiger partial charge in [-0.25, -0.2) is 0 Å². The molecule has 0 aliphatic carbocycles. The summed E-state index contributed by atoms with van der Waals surface area (Å²) in [5.74, 6) is 0. The van der Waals surface area contributed by atoms with Crippen LogP contribution in [0.25, 0.3) is 0 Å². The third kappa shape index (κ3) is 3.98. The molecule has 0 bridgehead atoms. The maximum atomic E-state index is 4.98. The van der Waals surface area contributed by atoms with Gasteiger partial charge in [-0.2, -0.15) is 5.10 Å². The van der Waals surface area contributed by atoms with Crippen LogP contribution in [0.2, 0.25) is 0 Å². The molecular formula is C14H19N3O. The Balaban J connectivity index is 1.83. The quantitative estimate of drug-likeness (QED) is 0.754. The minimum atomic E-state index is 0.727. The molecule has 1 N–H and O–H groups in total. The van der Waals surface area contributed by atoms with Crippen molar-refractivity contribution in [3.05, 3.63) is 53.9 Å². The summed E-state index contributed by atoms with van der Waals surface area (Å²) in [5.41, 5.74) is 2.32. The maximum absolute atomic E-state index is 4.98. The lowest BCUT2D eigenvalue weighted by molar-refractivity contribution is 0.199. The van der Waals surface area contributed by atoms with Crippen LogP contribution in [0.5, 0.6) is 0 Å². The van der Waals surface area contributed by atoms with E-state index in [1.165, 1.54) is 5.56 Å². The van der Waals surface area contributed by atoms with Crippen LogP contribution in [0.3, 0.4) is 0 Å². The molecule has 0 atom stereocenters. The second-order valence-corrected chi connectivity index (χ2v) is 4.16. The number of ether oxygens (including phenoxy) is 1. The van der Waals surface area contributed by atoms with E-state index < -0.39 is 0 Å². The van der Waals surface area contributed by atoms with Crippen LogP contribution in [0.4, 0.5) is 0 Å². The van der Waals surface area contributed by atoms with Crippen molar-refractivity contribution in [3.63, 3.8) is 0 Å². The Morgan fingerprint density at radius 1 is 1.22 bits per heavy atom. The Labute approximate surface area is 108 Å². The van der Waals surface area contributed by atoms with Crippen LogP contribution in [-0.4, -0.2) is 30.0 Å². The van der Waals surface area contributed by atoms with Gasteiger partial charge in [-0.1, -0.05) is 30.3 Å². The molecule has 0 amide bonds. The first-order valence-electron chi connectivity index (χ1n) is 6.14. The fourth-order valence-corrected chi connectivity index (χ4v) is 1.75. The summed E-state index contributed by atoms with van der Waals surface area (Å²) in [6.07, 6.45) is 2.01. The molecule has 0 saturated carbocycles. The van der Waals surface area contributed by atoms with Gasteiger partial charge in [0.15, 0.2) is 0 Å². The van der Waals surface area contributed by atoms with Gasteiger partial charge in [0.2, 0.25) is 0 Å². The number of nitrogens with one attached hydrogen (secondary N) is 1. The van der Waals surface area contributed by atoms with E-state index in [-0.39, 0.29) is 0 Å². The summed E-state index contributed by atoms with van der Waals surface area (Å²) in [5, 5.41) is 7.80. The Morgan fingerprint density at radius 3 is 2.83 bits per heavy atom. The van der Waals surface area contributed by atoms with Crippen LogP contribution >= 0.6 is 0 Å². The normalized spacial score (nSPS) is 10.7.